The highest BCUT2D eigenvalue weighted by atomic mass is 16.4. The van der Waals surface area contributed by atoms with Gasteiger partial charge in [0.1, 0.15) is 5.76 Å². The molecule has 1 heterocycles. The van der Waals surface area contributed by atoms with E-state index in [2.05, 4.69) is 0 Å². The Balaban J connectivity index is 2.50. The van der Waals surface area contributed by atoms with E-state index in [1.165, 1.54) is 12.1 Å². The van der Waals surface area contributed by atoms with E-state index < -0.39 is 11.0 Å². The van der Waals surface area contributed by atoms with Crippen molar-refractivity contribution in [1.82, 2.24) is 0 Å². The van der Waals surface area contributed by atoms with Gasteiger partial charge in [-0.25, -0.2) is 4.79 Å². The minimum atomic E-state index is -0.792. The lowest BCUT2D eigenvalue weighted by atomic mass is 9.76. The number of hydrogen-bond acceptors (Lipinski definition) is 4. The van der Waals surface area contributed by atoms with E-state index in [9.17, 15) is 14.4 Å². The predicted octanol–water partition coefficient (Wildman–Crippen LogP) is 3.15. The van der Waals surface area contributed by atoms with Crippen molar-refractivity contribution in [3.8, 4) is 0 Å². The fourth-order valence-corrected chi connectivity index (χ4v) is 2.86. The molecule has 1 aromatic carbocycles. The van der Waals surface area contributed by atoms with Gasteiger partial charge in [-0.1, -0.05) is 19.9 Å². The zero-order valence-electron chi connectivity index (χ0n) is 13.6. The molecule has 0 unspecified atom stereocenters. The van der Waals surface area contributed by atoms with E-state index in [4.69, 9.17) is 4.42 Å². The van der Waals surface area contributed by atoms with Gasteiger partial charge in [-0.05, 0) is 49.2 Å². The standard InChI is InChI=1S/C19H18O4/c1-10(2)16-8-12-13(18(22)23-16)7-11-5-6-17(21)19(3,4)14(11)9-15(12)20/h5-10H,1-4H3. The molecule has 23 heavy (non-hydrogen) atoms. The van der Waals surface area contributed by atoms with Gasteiger partial charge < -0.3 is 4.42 Å². The first-order valence-electron chi connectivity index (χ1n) is 7.61. The van der Waals surface area contributed by atoms with Crippen LogP contribution in [-0.4, -0.2) is 5.78 Å². The molecule has 0 bridgehead atoms. The Labute approximate surface area is 133 Å². The second kappa shape index (κ2) is 5.01. The molecule has 4 heteroatoms. The van der Waals surface area contributed by atoms with Crippen LogP contribution in [0.25, 0.3) is 16.8 Å². The summed E-state index contributed by atoms with van der Waals surface area (Å²) in [5.74, 6) is 0.425. The maximum atomic E-state index is 12.7. The Morgan fingerprint density at radius 1 is 0.957 bits per heavy atom. The molecule has 0 N–H and O–H groups in total. The first-order chi connectivity index (χ1) is 10.7. The lowest BCUT2D eigenvalue weighted by Crippen LogP contribution is -2.30. The van der Waals surface area contributed by atoms with E-state index in [0.717, 1.165) is 0 Å². The molecule has 1 aromatic heterocycles. The van der Waals surface area contributed by atoms with Crippen molar-refractivity contribution < 1.29 is 9.21 Å². The summed E-state index contributed by atoms with van der Waals surface area (Å²) in [6.07, 6.45) is 3.14. The highest BCUT2D eigenvalue weighted by Crippen LogP contribution is 2.32. The quantitative estimate of drug-likeness (QED) is 0.811. The van der Waals surface area contributed by atoms with Crippen LogP contribution in [0.1, 0.15) is 50.5 Å². The van der Waals surface area contributed by atoms with Gasteiger partial charge >= 0.3 is 5.63 Å². The van der Waals surface area contributed by atoms with Crippen LogP contribution >= 0.6 is 0 Å². The molecule has 0 saturated carbocycles. The second-order valence-corrected chi connectivity index (χ2v) is 6.76. The first kappa shape index (κ1) is 15.4. The lowest BCUT2D eigenvalue weighted by molar-refractivity contribution is -0.118. The van der Waals surface area contributed by atoms with Crippen molar-refractivity contribution in [2.75, 3.05) is 0 Å². The Morgan fingerprint density at radius 2 is 1.65 bits per heavy atom. The summed E-state index contributed by atoms with van der Waals surface area (Å²) in [6.45, 7) is 7.35. The Morgan fingerprint density at radius 3 is 2.30 bits per heavy atom. The van der Waals surface area contributed by atoms with Gasteiger partial charge in [0.05, 0.1) is 10.8 Å². The predicted molar refractivity (Wildman–Crippen MR) is 89.9 cm³/mol. The molecule has 0 radical (unpaired) electrons. The zero-order chi connectivity index (χ0) is 16.9. The van der Waals surface area contributed by atoms with Crippen LogP contribution in [0.2, 0.25) is 0 Å². The second-order valence-electron chi connectivity index (χ2n) is 6.76. The molecule has 4 nitrogen and oxygen atoms in total. The summed E-state index contributed by atoms with van der Waals surface area (Å²) in [7, 11) is 0. The lowest BCUT2D eigenvalue weighted by Gasteiger charge is -2.26. The van der Waals surface area contributed by atoms with E-state index in [1.54, 1.807) is 32.1 Å². The van der Waals surface area contributed by atoms with Crippen LogP contribution in [0.5, 0.6) is 0 Å². The fraction of sp³-hybridized carbons (Fsp3) is 0.316. The summed E-state index contributed by atoms with van der Waals surface area (Å²) in [5.41, 5.74) is -0.251. The molecule has 0 saturated heterocycles. The van der Waals surface area contributed by atoms with Gasteiger partial charge in [0.25, 0.3) is 0 Å². The van der Waals surface area contributed by atoms with Crippen LogP contribution in [0, 0.1) is 0 Å². The van der Waals surface area contributed by atoms with Crippen LogP contribution < -0.4 is 11.1 Å². The SMILES string of the molecule is CC(C)c1cc2c(=O)cc3c(cc2c(=O)o1)C=CC(=O)C3(C)C. The Kier molecular flexibility index (Phi) is 3.36. The van der Waals surface area contributed by atoms with Gasteiger partial charge in [0, 0.05) is 11.3 Å². The molecule has 1 aliphatic rings. The highest BCUT2D eigenvalue weighted by Gasteiger charge is 2.32. The van der Waals surface area contributed by atoms with Crippen molar-refractivity contribution in [3.05, 3.63) is 61.8 Å². The topological polar surface area (TPSA) is 64.3 Å². The molecule has 0 aliphatic heterocycles. The number of ketones is 1. The maximum Gasteiger partial charge on any atom is 0.343 e. The molecule has 0 atom stereocenters. The third-order valence-electron chi connectivity index (χ3n) is 4.43. The third kappa shape index (κ3) is 2.34. The molecule has 0 amide bonds. The average Bonchev–Trinajstić information content (AvgIpc) is 2.62. The van der Waals surface area contributed by atoms with Gasteiger partial charge in [0.2, 0.25) is 0 Å². The van der Waals surface area contributed by atoms with Gasteiger partial charge in [-0.3, -0.25) is 9.59 Å². The summed E-state index contributed by atoms with van der Waals surface area (Å²) in [4.78, 5) is 37.1. The largest absolute Gasteiger partial charge is 0.427 e. The van der Waals surface area contributed by atoms with Crippen LogP contribution in [0.3, 0.4) is 0 Å². The normalized spacial score (nSPS) is 16.0. The molecule has 1 aliphatic carbocycles. The fourth-order valence-electron chi connectivity index (χ4n) is 2.86. The number of carbonyl (C=O) groups excluding carboxylic acids is 1. The summed E-state index contributed by atoms with van der Waals surface area (Å²) in [5, 5.41) is 0.575. The van der Waals surface area contributed by atoms with Gasteiger partial charge in [0.15, 0.2) is 11.2 Å². The molecule has 3 rings (SSSR count). The number of allylic oxidation sites excluding steroid dienone is 1. The maximum absolute atomic E-state index is 12.7. The van der Waals surface area contributed by atoms with E-state index in [1.807, 2.05) is 13.8 Å². The summed E-state index contributed by atoms with van der Waals surface area (Å²) in [6, 6.07) is 4.75. The number of rotatable bonds is 1. The number of fused-ring (bicyclic) bond motifs is 2. The Bertz CT molecular complexity index is 975. The molecule has 0 spiro atoms. The minimum Gasteiger partial charge on any atom is -0.427 e. The van der Waals surface area contributed by atoms with Crippen molar-refractivity contribution in [3.63, 3.8) is 0 Å². The molecule has 0 fully saturated rings. The number of hydrogen-bond donors (Lipinski definition) is 0. The van der Waals surface area contributed by atoms with Crippen LogP contribution in [-0.2, 0) is 10.2 Å². The smallest absolute Gasteiger partial charge is 0.343 e. The molecule has 2 aromatic rings. The van der Waals surface area contributed by atoms with Crippen molar-refractivity contribution in [1.29, 1.82) is 0 Å². The number of carbonyl (C=O) groups is 1. The van der Waals surface area contributed by atoms with Gasteiger partial charge in [-0.15, -0.1) is 0 Å². The van der Waals surface area contributed by atoms with Crippen LogP contribution in [0.15, 0.2) is 38.3 Å². The van der Waals surface area contributed by atoms with Crippen molar-refractivity contribution >= 4 is 22.6 Å². The third-order valence-corrected chi connectivity index (χ3v) is 4.43. The van der Waals surface area contributed by atoms with E-state index in [0.29, 0.717) is 22.3 Å². The van der Waals surface area contributed by atoms with Crippen molar-refractivity contribution in [2.45, 2.75) is 39.0 Å². The first-order valence-corrected chi connectivity index (χ1v) is 7.61. The van der Waals surface area contributed by atoms with Gasteiger partial charge in [-0.2, -0.15) is 0 Å². The summed E-state index contributed by atoms with van der Waals surface area (Å²) >= 11 is 0. The molecular formula is C19H18O4. The highest BCUT2D eigenvalue weighted by molar-refractivity contribution is 6.05. The van der Waals surface area contributed by atoms with E-state index >= 15 is 0 Å². The van der Waals surface area contributed by atoms with Crippen LogP contribution in [0.4, 0.5) is 0 Å². The zero-order valence-corrected chi connectivity index (χ0v) is 13.6. The molecular weight excluding hydrogens is 292 g/mol. The molecule has 118 valence electrons. The monoisotopic (exact) mass is 310 g/mol. The minimum absolute atomic E-state index is 0.00421. The average molecular weight is 310 g/mol. The summed E-state index contributed by atoms with van der Waals surface area (Å²) < 4.78 is 5.33. The Hall–Kier alpha value is -2.49. The van der Waals surface area contributed by atoms with E-state index in [-0.39, 0.29) is 22.5 Å². The van der Waals surface area contributed by atoms with Crippen molar-refractivity contribution in [2.24, 2.45) is 0 Å².